The molecule has 2 N–H and O–H groups in total. The van der Waals surface area contributed by atoms with Crippen molar-refractivity contribution in [3.8, 4) is 5.75 Å². The van der Waals surface area contributed by atoms with Crippen molar-refractivity contribution in [1.82, 2.24) is 20.4 Å². The first kappa shape index (κ1) is 20.4. The van der Waals surface area contributed by atoms with Crippen molar-refractivity contribution in [2.24, 2.45) is 12.0 Å². The molecule has 142 valence electrons. The van der Waals surface area contributed by atoms with Crippen molar-refractivity contribution in [1.29, 1.82) is 0 Å². The van der Waals surface area contributed by atoms with Crippen molar-refractivity contribution in [3.63, 3.8) is 0 Å². The SMILES string of the molecule is CN=C(NCCc1cc(F)cc2c1OCOC2)NCc1ccnn1C.I. The van der Waals surface area contributed by atoms with Crippen LogP contribution in [0, 0.1) is 5.82 Å². The predicted molar refractivity (Wildman–Crippen MR) is 107 cm³/mol. The van der Waals surface area contributed by atoms with Gasteiger partial charge in [0.15, 0.2) is 12.8 Å². The summed E-state index contributed by atoms with van der Waals surface area (Å²) >= 11 is 0. The minimum atomic E-state index is -0.276. The van der Waals surface area contributed by atoms with Gasteiger partial charge < -0.3 is 20.1 Å². The van der Waals surface area contributed by atoms with Gasteiger partial charge in [-0.2, -0.15) is 5.10 Å². The van der Waals surface area contributed by atoms with E-state index in [-0.39, 0.29) is 36.6 Å². The number of halogens is 2. The Morgan fingerprint density at radius 1 is 1.38 bits per heavy atom. The number of hydrogen-bond acceptors (Lipinski definition) is 4. The van der Waals surface area contributed by atoms with E-state index in [0.717, 1.165) is 22.6 Å². The summed E-state index contributed by atoms with van der Waals surface area (Å²) in [6.45, 7) is 1.80. The van der Waals surface area contributed by atoms with Crippen molar-refractivity contribution in [3.05, 3.63) is 47.0 Å². The van der Waals surface area contributed by atoms with Crippen LogP contribution in [0.3, 0.4) is 0 Å². The smallest absolute Gasteiger partial charge is 0.191 e. The van der Waals surface area contributed by atoms with Gasteiger partial charge in [0.1, 0.15) is 11.6 Å². The Morgan fingerprint density at radius 2 is 2.23 bits per heavy atom. The molecule has 1 aromatic carbocycles. The van der Waals surface area contributed by atoms with Crippen molar-refractivity contribution in [2.45, 2.75) is 19.6 Å². The summed E-state index contributed by atoms with van der Waals surface area (Å²) in [5, 5.41) is 10.6. The maximum absolute atomic E-state index is 13.7. The monoisotopic (exact) mass is 475 g/mol. The van der Waals surface area contributed by atoms with E-state index in [1.54, 1.807) is 17.9 Å². The van der Waals surface area contributed by atoms with Crippen LogP contribution in [-0.2, 0) is 31.4 Å². The van der Waals surface area contributed by atoms with E-state index in [1.807, 2.05) is 13.1 Å². The highest BCUT2D eigenvalue weighted by molar-refractivity contribution is 14.0. The predicted octanol–water partition coefficient (Wildman–Crippen LogP) is 1.95. The molecule has 1 aliphatic heterocycles. The van der Waals surface area contributed by atoms with Crippen LogP contribution >= 0.6 is 24.0 Å². The molecule has 0 aliphatic carbocycles. The minimum absolute atomic E-state index is 0. The zero-order valence-electron chi connectivity index (χ0n) is 14.8. The van der Waals surface area contributed by atoms with Gasteiger partial charge in [-0.3, -0.25) is 9.67 Å². The van der Waals surface area contributed by atoms with Crippen LogP contribution in [0.15, 0.2) is 29.4 Å². The molecule has 0 atom stereocenters. The molecule has 9 heteroatoms. The maximum atomic E-state index is 13.7. The topological polar surface area (TPSA) is 72.7 Å². The second kappa shape index (κ2) is 9.72. The molecule has 26 heavy (non-hydrogen) atoms. The Morgan fingerprint density at radius 3 is 2.96 bits per heavy atom. The standard InChI is InChI=1S/C17H22FN5O2.HI/c1-19-17(21-9-15-4-6-22-23(15)2)20-5-3-12-7-14(18)8-13-10-24-11-25-16(12)13;/h4,6-8H,3,5,9-11H2,1-2H3,(H2,19,20,21);1H. The number of nitrogens with zero attached hydrogens (tertiary/aromatic N) is 3. The third-order valence-corrected chi connectivity index (χ3v) is 4.02. The molecule has 0 unspecified atom stereocenters. The third kappa shape index (κ3) is 5.07. The van der Waals surface area contributed by atoms with Crippen LogP contribution in [-0.4, -0.2) is 36.1 Å². The molecule has 0 spiro atoms. The van der Waals surface area contributed by atoms with Gasteiger partial charge in [0, 0.05) is 32.4 Å². The molecule has 3 rings (SSSR count). The van der Waals surface area contributed by atoms with Crippen molar-refractivity contribution >= 4 is 29.9 Å². The van der Waals surface area contributed by atoms with Gasteiger partial charge in [0.05, 0.1) is 18.8 Å². The van der Waals surface area contributed by atoms with E-state index in [2.05, 4.69) is 20.7 Å². The third-order valence-electron chi connectivity index (χ3n) is 4.02. The van der Waals surface area contributed by atoms with Gasteiger partial charge in [0.2, 0.25) is 0 Å². The van der Waals surface area contributed by atoms with Crippen LogP contribution in [0.4, 0.5) is 4.39 Å². The number of guanidine groups is 1. The first-order chi connectivity index (χ1) is 12.2. The Bertz CT molecular complexity index is 766. The molecule has 7 nitrogen and oxygen atoms in total. The summed E-state index contributed by atoms with van der Waals surface area (Å²) in [6.07, 6.45) is 2.37. The molecule has 0 bridgehead atoms. The fraction of sp³-hybridized carbons (Fsp3) is 0.412. The van der Waals surface area contributed by atoms with Gasteiger partial charge in [0.25, 0.3) is 0 Å². The van der Waals surface area contributed by atoms with E-state index in [0.29, 0.717) is 32.1 Å². The van der Waals surface area contributed by atoms with Crippen LogP contribution in [0.5, 0.6) is 5.75 Å². The van der Waals surface area contributed by atoms with Crippen molar-refractivity contribution in [2.75, 3.05) is 20.4 Å². The average molecular weight is 475 g/mol. The zero-order chi connectivity index (χ0) is 17.6. The number of fused-ring (bicyclic) bond motifs is 1. The van der Waals surface area contributed by atoms with Gasteiger partial charge >= 0.3 is 0 Å². The van der Waals surface area contributed by atoms with Crippen LogP contribution in [0.1, 0.15) is 16.8 Å². The number of aliphatic imine (C=N–C) groups is 1. The summed E-state index contributed by atoms with van der Waals surface area (Å²) in [4.78, 5) is 4.19. The lowest BCUT2D eigenvalue weighted by Gasteiger charge is -2.21. The van der Waals surface area contributed by atoms with E-state index in [1.165, 1.54) is 12.1 Å². The highest BCUT2D eigenvalue weighted by atomic mass is 127. The largest absolute Gasteiger partial charge is 0.467 e. The number of rotatable bonds is 5. The quantitative estimate of drug-likeness (QED) is 0.393. The first-order valence-electron chi connectivity index (χ1n) is 8.10. The highest BCUT2D eigenvalue weighted by Crippen LogP contribution is 2.29. The summed E-state index contributed by atoms with van der Waals surface area (Å²) in [6, 6.07) is 4.91. The number of hydrogen-bond donors (Lipinski definition) is 2. The highest BCUT2D eigenvalue weighted by Gasteiger charge is 2.16. The molecular weight excluding hydrogens is 452 g/mol. The van der Waals surface area contributed by atoms with E-state index >= 15 is 0 Å². The van der Waals surface area contributed by atoms with E-state index in [4.69, 9.17) is 9.47 Å². The zero-order valence-corrected chi connectivity index (χ0v) is 17.1. The fourth-order valence-electron chi connectivity index (χ4n) is 2.73. The number of nitrogens with one attached hydrogen (secondary N) is 2. The lowest BCUT2D eigenvalue weighted by molar-refractivity contribution is -0.0172. The van der Waals surface area contributed by atoms with Crippen molar-refractivity contribution < 1.29 is 13.9 Å². The van der Waals surface area contributed by atoms with Gasteiger partial charge in [-0.25, -0.2) is 4.39 Å². The second-order valence-electron chi connectivity index (χ2n) is 5.71. The minimum Gasteiger partial charge on any atom is -0.467 e. The Labute approximate surface area is 169 Å². The molecule has 1 aliphatic rings. The molecule has 2 heterocycles. The Hall–Kier alpha value is -1.88. The van der Waals surface area contributed by atoms with Gasteiger partial charge in [-0.1, -0.05) is 0 Å². The lowest BCUT2D eigenvalue weighted by atomic mass is 10.1. The number of aryl methyl sites for hydroxylation is 1. The van der Waals surface area contributed by atoms with Crippen LogP contribution in [0.25, 0.3) is 0 Å². The number of benzene rings is 1. The molecule has 1 aromatic heterocycles. The average Bonchev–Trinajstić information content (AvgIpc) is 3.02. The van der Waals surface area contributed by atoms with E-state index in [9.17, 15) is 4.39 Å². The summed E-state index contributed by atoms with van der Waals surface area (Å²) in [7, 11) is 3.60. The van der Waals surface area contributed by atoms with Gasteiger partial charge in [-0.15, -0.1) is 24.0 Å². The van der Waals surface area contributed by atoms with Crippen LogP contribution in [0.2, 0.25) is 0 Å². The molecule has 0 amide bonds. The molecule has 0 radical (unpaired) electrons. The molecule has 2 aromatic rings. The molecule has 0 saturated heterocycles. The molecule has 0 fully saturated rings. The molecular formula is C17H23FIN5O2. The lowest BCUT2D eigenvalue weighted by Crippen LogP contribution is -2.38. The first-order valence-corrected chi connectivity index (χ1v) is 8.10. The fourth-order valence-corrected chi connectivity index (χ4v) is 2.73. The van der Waals surface area contributed by atoms with Gasteiger partial charge in [-0.05, 0) is 30.2 Å². The van der Waals surface area contributed by atoms with Crippen LogP contribution < -0.4 is 15.4 Å². The summed E-state index contributed by atoms with van der Waals surface area (Å²) in [5.74, 6) is 1.13. The molecule has 0 saturated carbocycles. The number of aromatic nitrogens is 2. The Balaban J connectivity index is 0.00000243. The normalized spacial score (nSPS) is 13.4. The summed E-state index contributed by atoms with van der Waals surface area (Å²) in [5.41, 5.74) is 2.63. The number of ether oxygens (including phenoxy) is 2. The Kier molecular flexibility index (Phi) is 7.64. The maximum Gasteiger partial charge on any atom is 0.191 e. The second-order valence-corrected chi connectivity index (χ2v) is 5.71. The van der Waals surface area contributed by atoms with E-state index < -0.39 is 0 Å². The summed E-state index contributed by atoms with van der Waals surface area (Å²) < 4.78 is 26.3.